The molecule has 1 rings (SSSR count). The second-order valence-electron chi connectivity index (χ2n) is 5.95. The summed E-state index contributed by atoms with van der Waals surface area (Å²) in [6, 6.07) is 0. The number of rotatable bonds is 5. The van der Waals surface area contributed by atoms with Crippen LogP contribution < -0.4 is 0 Å². The molecule has 0 aromatic rings. The molecule has 2 atom stereocenters. The monoisotopic (exact) mass is 276 g/mol. The van der Waals surface area contributed by atoms with Gasteiger partial charge in [0.25, 0.3) is 0 Å². The van der Waals surface area contributed by atoms with Gasteiger partial charge in [-0.1, -0.05) is 19.8 Å². The van der Waals surface area contributed by atoms with Gasteiger partial charge in [0.2, 0.25) is 0 Å². The molecule has 1 aliphatic rings. The number of hydrogen-bond donors (Lipinski definition) is 1. The van der Waals surface area contributed by atoms with E-state index in [0.717, 1.165) is 12.8 Å². The topological polar surface area (TPSA) is 71.4 Å². The van der Waals surface area contributed by atoms with Gasteiger partial charge in [-0.15, -0.1) is 0 Å². The van der Waals surface area contributed by atoms with Crippen LogP contribution >= 0.6 is 0 Å². The quantitative estimate of drug-likeness (QED) is 0.837. The maximum atomic E-state index is 11.8. The average Bonchev–Trinajstić information content (AvgIpc) is 2.26. The van der Waals surface area contributed by atoms with Crippen LogP contribution in [-0.4, -0.2) is 30.5 Å². The molecule has 0 heterocycles. The average molecular weight is 276 g/mol. The molecule has 4 nitrogen and oxygen atoms in total. The first-order valence-electron chi connectivity index (χ1n) is 6.64. The summed E-state index contributed by atoms with van der Waals surface area (Å²) >= 11 is 0. The van der Waals surface area contributed by atoms with Crippen LogP contribution in [-0.2, 0) is 14.6 Å². The summed E-state index contributed by atoms with van der Waals surface area (Å²) < 4.78 is 23.7. The lowest BCUT2D eigenvalue weighted by Crippen LogP contribution is -2.38. The Morgan fingerprint density at radius 2 is 2.06 bits per heavy atom. The van der Waals surface area contributed by atoms with E-state index >= 15 is 0 Å². The van der Waals surface area contributed by atoms with Gasteiger partial charge in [0.1, 0.15) is 0 Å². The normalized spacial score (nSPS) is 29.4. The molecule has 1 fully saturated rings. The van der Waals surface area contributed by atoms with E-state index in [1.54, 1.807) is 13.8 Å². The zero-order valence-electron chi connectivity index (χ0n) is 11.5. The Kier molecular flexibility index (Phi) is 4.81. The molecule has 0 bridgehead atoms. The summed E-state index contributed by atoms with van der Waals surface area (Å²) in [5.41, 5.74) is -0.820. The molecule has 0 aliphatic heterocycles. The largest absolute Gasteiger partial charge is 0.481 e. The smallest absolute Gasteiger partial charge is 0.309 e. The lowest BCUT2D eigenvalue weighted by Gasteiger charge is -2.36. The molecule has 1 aliphatic carbocycles. The fourth-order valence-corrected chi connectivity index (χ4v) is 3.91. The van der Waals surface area contributed by atoms with E-state index in [2.05, 4.69) is 0 Å². The van der Waals surface area contributed by atoms with Crippen LogP contribution in [0.3, 0.4) is 0 Å². The minimum Gasteiger partial charge on any atom is -0.481 e. The highest BCUT2D eigenvalue weighted by Crippen LogP contribution is 2.42. The number of hydrogen-bond acceptors (Lipinski definition) is 3. The third-order valence-corrected chi connectivity index (χ3v) is 6.34. The van der Waals surface area contributed by atoms with E-state index in [-0.39, 0.29) is 12.2 Å². The first kappa shape index (κ1) is 15.5. The van der Waals surface area contributed by atoms with E-state index in [0.29, 0.717) is 18.8 Å². The van der Waals surface area contributed by atoms with Crippen molar-refractivity contribution >= 4 is 15.8 Å². The van der Waals surface area contributed by atoms with Gasteiger partial charge in [-0.2, -0.15) is 0 Å². The maximum absolute atomic E-state index is 11.8. The number of sulfone groups is 1. The Bertz CT molecular complexity index is 399. The number of carbonyl (C=O) groups is 1. The van der Waals surface area contributed by atoms with Gasteiger partial charge in [0, 0.05) is 0 Å². The summed E-state index contributed by atoms with van der Waals surface area (Å²) in [5.74, 6) is -0.464. The van der Waals surface area contributed by atoms with Crippen molar-refractivity contribution in [3.63, 3.8) is 0 Å². The minimum absolute atomic E-state index is 0.0102. The van der Waals surface area contributed by atoms with Gasteiger partial charge in [-0.25, -0.2) is 8.42 Å². The van der Waals surface area contributed by atoms with Crippen molar-refractivity contribution in [3.05, 3.63) is 0 Å². The molecule has 0 aromatic carbocycles. The molecule has 5 heteroatoms. The zero-order chi connectivity index (χ0) is 14.0. The third kappa shape index (κ3) is 3.46. The Morgan fingerprint density at radius 3 is 2.50 bits per heavy atom. The summed E-state index contributed by atoms with van der Waals surface area (Å²) in [4.78, 5) is 11.5. The number of aliphatic carboxylic acids is 1. The Hall–Kier alpha value is -0.580. The van der Waals surface area contributed by atoms with Crippen LogP contribution in [0.25, 0.3) is 0 Å². The predicted molar refractivity (Wildman–Crippen MR) is 71.2 cm³/mol. The van der Waals surface area contributed by atoms with Crippen molar-refractivity contribution in [2.24, 2.45) is 11.3 Å². The van der Waals surface area contributed by atoms with Crippen molar-refractivity contribution in [2.75, 3.05) is 5.75 Å². The van der Waals surface area contributed by atoms with Crippen LogP contribution in [0, 0.1) is 11.3 Å². The fourth-order valence-electron chi connectivity index (χ4n) is 2.76. The third-order valence-electron chi connectivity index (χ3n) is 4.13. The van der Waals surface area contributed by atoms with Gasteiger partial charge in [-0.3, -0.25) is 4.79 Å². The first-order chi connectivity index (χ1) is 8.19. The van der Waals surface area contributed by atoms with E-state index < -0.39 is 26.5 Å². The van der Waals surface area contributed by atoms with Gasteiger partial charge < -0.3 is 5.11 Å². The number of carboxylic acid groups (broad SMARTS) is 1. The van der Waals surface area contributed by atoms with E-state index in [1.165, 1.54) is 0 Å². The van der Waals surface area contributed by atoms with Crippen LogP contribution in [0.1, 0.15) is 52.9 Å². The van der Waals surface area contributed by atoms with Crippen molar-refractivity contribution in [1.82, 2.24) is 0 Å². The lowest BCUT2D eigenvalue weighted by molar-refractivity contribution is -0.152. The second-order valence-corrected chi connectivity index (χ2v) is 8.63. The molecule has 2 unspecified atom stereocenters. The second kappa shape index (κ2) is 5.59. The standard InChI is InChI=1S/C13H24O4S/c1-10(2)18(16,17)8-7-13(12(14)15)6-4-5-11(3)9-13/h10-11H,4-9H2,1-3H3,(H,14,15). The Labute approximate surface area is 110 Å². The lowest BCUT2D eigenvalue weighted by atomic mass is 9.68. The molecule has 0 radical (unpaired) electrons. The molecule has 0 saturated heterocycles. The fraction of sp³-hybridized carbons (Fsp3) is 0.923. The van der Waals surface area contributed by atoms with Crippen molar-refractivity contribution in [3.8, 4) is 0 Å². The molecule has 106 valence electrons. The SMILES string of the molecule is CC1CCCC(CCS(=O)(=O)C(C)C)(C(=O)O)C1. The van der Waals surface area contributed by atoms with Crippen LogP contribution in [0.5, 0.6) is 0 Å². The Morgan fingerprint density at radius 1 is 1.44 bits per heavy atom. The first-order valence-corrected chi connectivity index (χ1v) is 8.36. The van der Waals surface area contributed by atoms with Crippen LogP contribution in [0.4, 0.5) is 0 Å². The Balaban J connectivity index is 2.79. The van der Waals surface area contributed by atoms with Gasteiger partial charge >= 0.3 is 5.97 Å². The zero-order valence-corrected chi connectivity index (χ0v) is 12.3. The molecule has 18 heavy (non-hydrogen) atoms. The maximum Gasteiger partial charge on any atom is 0.309 e. The molecule has 1 N–H and O–H groups in total. The number of carboxylic acids is 1. The van der Waals surface area contributed by atoms with E-state index in [1.807, 2.05) is 6.92 Å². The van der Waals surface area contributed by atoms with Crippen molar-refractivity contribution < 1.29 is 18.3 Å². The summed E-state index contributed by atoms with van der Waals surface area (Å²) in [6.07, 6.45) is 3.41. The van der Waals surface area contributed by atoms with Gasteiger partial charge in [0.05, 0.1) is 16.4 Å². The van der Waals surface area contributed by atoms with Crippen LogP contribution in [0.2, 0.25) is 0 Å². The highest BCUT2D eigenvalue weighted by Gasteiger charge is 2.42. The molecular weight excluding hydrogens is 252 g/mol. The summed E-state index contributed by atoms with van der Waals surface area (Å²) in [7, 11) is -3.15. The van der Waals surface area contributed by atoms with E-state index in [4.69, 9.17) is 0 Å². The van der Waals surface area contributed by atoms with Crippen LogP contribution in [0.15, 0.2) is 0 Å². The molecular formula is C13H24O4S. The van der Waals surface area contributed by atoms with Crippen molar-refractivity contribution in [1.29, 1.82) is 0 Å². The van der Waals surface area contributed by atoms with Gasteiger partial charge in [0.15, 0.2) is 9.84 Å². The molecule has 0 spiro atoms. The summed E-state index contributed by atoms with van der Waals surface area (Å²) in [5, 5.41) is 9.02. The molecule has 0 aromatic heterocycles. The minimum atomic E-state index is -3.15. The highest BCUT2D eigenvalue weighted by atomic mass is 32.2. The highest BCUT2D eigenvalue weighted by molar-refractivity contribution is 7.91. The van der Waals surface area contributed by atoms with Crippen molar-refractivity contribution in [2.45, 2.75) is 58.1 Å². The van der Waals surface area contributed by atoms with E-state index in [9.17, 15) is 18.3 Å². The van der Waals surface area contributed by atoms with Gasteiger partial charge in [-0.05, 0) is 39.0 Å². The molecule has 1 saturated carbocycles. The molecule has 0 amide bonds. The summed E-state index contributed by atoms with van der Waals surface area (Å²) in [6.45, 7) is 5.34. The predicted octanol–water partition coefficient (Wildman–Crippen LogP) is 2.48.